The molecule has 1 amide bonds. The van der Waals surface area contributed by atoms with Crippen molar-refractivity contribution in [2.75, 3.05) is 12.0 Å². The second-order valence-corrected chi connectivity index (χ2v) is 6.50. The molecule has 0 saturated heterocycles. The summed E-state index contributed by atoms with van der Waals surface area (Å²) in [6, 6.07) is 13.3. The number of nitrogen functional groups attached to an aromatic ring is 1. The monoisotopic (exact) mass is 364 g/mol. The van der Waals surface area contributed by atoms with Crippen molar-refractivity contribution in [3.05, 3.63) is 58.1 Å². The maximum absolute atomic E-state index is 12.3. The van der Waals surface area contributed by atoms with Crippen LogP contribution in [-0.4, -0.2) is 12.2 Å². The van der Waals surface area contributed by atoms with E-state index in [0.717, 1.165) is 10.0 Å². The number of carbonyl (C=O) groups excluding carboxylic acids is 1. The van der Waals surface area contributed by atoms with E-state index < -0.39 is 0 Å². The molecule has 5 heteroatoms. The van der Waals surface area contributed by atoms with Crippen LogP contribution in [0.25, 0.3) is 0 Å². The van der Waals surface area contributed by atoms with Crippen LogP contribution in [0.3, 0.4) is 0 Å². The van der Waals surface area contributed by atoms with Gasteiger partial charge in [-0.15, -0.1) is 11.8 Å². The standard InChI is InChI=1S/C16H17BrN2OS/c1-10(11-3-6-13(21-2)7-4-11)19-16(20)14-9-12(17)5-8-15(14)18/h3-10H,18H2,1-2H3,(H,19,20). The molecular formula is C16H17BrN2OS. The summed E-state index contributed by atoms with van der Waals surface area (Å²) < 4.78 is 0.832. The number of amides is 1. The summed E-state index contributed by atoms with van der Waals surface area (Å²) in [5, 5.41) is 2.97. The number of benzene rings is 2. The van der Waals surface area contributed by atoms with Crippen molar-refractivity contribution in [2.24, 2.45) is 0 Å². The van der Waals surface area contributed by atoms with Gasteiger partial charge < -0.3 is 11.1 Å². The number of hydrogen-bond acceptors (Lipinski definition) is 3. The normalized spacial score (nSPS) is 12.0. The average molecular weight is 365 g/mol. The molecule has 0 radical (unpaired) electrons. The van der Waals surface area contributed by atoms with Crippen LogP contribution in [0.2, 0.25) is 0 Å². The SMILES string of the molecule is CSc1ccc(C(C)NC(=O)c2cc(Br)ccc2N)cc1. The van der Waals surface area contributed by atoms with Crippen molar-refractivity contribution in [1.29, 1.82) is 0 Å². The van der Waals surface area contributed by atoms with Crippen LogP contribution in [-0.2, 0) is 0 Å². The molecule has 0 heterocycles. The Bertz CT molecular complexity index is 643. The van der Waals surface area contributed by atoms with Crippen molar-refractivity contribution >= 4 is 39.3 Å². The van der Waals surface area contributed by atoms with Crippen LogP contribution in [0.1, 0.15) is 28.9 Å². The van der Waals surface area contributed by atoms with E-state index in [2.05, 4.69) is 33.4 Å². The van der Waals surface area contributed by atoms with Crippen molar-refractivity contribution in [3.8, 4) is 0 Å². The molecule has 0 aliphatic carbocycles. The zero-order chi connectivity index (χ0) is 15.4. The predicted octanol–water partition coefficient (Wildman–Crippen LogP) is 4.24. The molecule has 2 aromatic rings. The van der Waals surface area contributed by atoms with Gasteiger partial charge in [0.25, 0.3) is 5.91 Å². The third-order valence-electron chi connectivity index (χ3n) is 3.22. The lowest BCUT2D eigenvalue weighted by Crippen LogP contribution is -2.27. The molecule has 3 nitrogen and oxygen atoms in total. The molecule has 0 fully saturated rings. The minimum absolute atomic E-state index is 0.0770. The fourth-order valence-corrected chi connectivity index (χ4v) is 2.74. The number of rotatable bonds is 4. The molecule has 21 heavy (non-hydrogen) atoms. The average Bonchev–Trinajstić information content (AvgIpc) is 2.49. The quantitative estimate of drug-likeness (QED) is 0.629. The van der Waals surface area contributed by atoms with E-state index in [1.807, 2.05) is 31.4 Å². The molecule has 110 valence electrons. The Morgan fingerprint density at radius 2 is 1.90 bits per heavy atom. The lowest BCUT2D eigenvalue weighted by Gasteiger charge is -2.15. The van der Waals surface area contributed by atoms with E-state index in [9.17, 15) is 4.79 Å². The Labute approximate surface area is 137 Å². The summed E-state index contributed by atoms with van der Waals surface area (Å²) in [7, 11) is 0. The Hall–Kier alpha value is -1.46. The minimum Gasteiger partial charge on any atom is -0.398 e. The third-order valence-corrected chi connectivity index (χ3v) is 4.46. The number of thioether (sulfide) groups is 1. The second-order valence-electron chi connectivity index (χ2n) is 4.70. The number of carbonyl (C=O) groups is 1. The zero-order valence-corrected chi connectivity index (χ0v) is 14.3. The van der Waals surface area contributed by atoms with E-state index in [1.165, 1.54) is 4.90 Å². The summed E-state index contributed by atoms with van der Waals surface area (Å²) in [4.78, 5) is 13.5. The fourth-order valence-electron chi connectivity index (χ4n) is 1.98. The zero-order valence-electron chi connectivity index (χ0n) is 11.9. The molecule has 0 aliphatic heterocycles. The van der Waals surface area contributed by atoms with Crippen LogP contribution in [0, 0.1) is 0 Å². The number of halogens is 1. The van der Waals surface area contributed by atoms with E-state index >= 15 is 0 Å². The largest absolute Gasteiger partial charge is 0.398 e. The summed E-state index contributed by atoms with van der Waals surface area (Å²) in [6.45, 7) is 1.96. The Morgan fingerprint density at radius 1 is 1.24 bits per heavy atom. The van der Waals surface area contributed by atoms with Gasteiger partial charge in [-0.3, -0.25) is 4.79 Å². The molecule has 0 spiro atoms. The summed E-state index contributed by atoms with van der Waals surface area (Å²) >= 11 is 5.05. The highest BCUT2D eigenvalue weighted by atomic mass is 79.9. The van der Waals surface area contributed by atoms with E-state index in [4.69, 9.17) is 5.73 Å². The molecule has 1 atom stereocenters. The Morgan fingerprint density at radius 3 is 2.52 bits per heavy atom. The van der Waals surface area contributed by atoms with Crippen LogP contribution in [0.15, 0.2) is 51.8 Å². The maximum Gasteiger partial charge on any atom is 0.253 e. The summed E-state index contributed by atoms with van der Waals surface area (Å²) in [5.74, 6) is -0.171. The first kappa shape index (κ1) is 15.9. The van der Waals surface area contributed by atoms with Crippen LogP contribution in [0.4, 0.5) is 5.69 Å². The number of hydrogen-bond donors (Lipinski definition) is 2. The van der Waals surface area contributed by atoms with Crippen LogP contribution in [0.5, 0.6) is 0 Å². The molecule has 0 saturated carbocycles. The lowest BCUT2D eigenvalue weighted by atomic mass is 10.1. The highest BCUT2D eigenvalue weighted by molar-refractivity contribution is 9.10. The van der Waals surface area contributed by atoms with Gasteiger partial charge in [-0.1, -0.05) is 28.1 Å². The molecule has 2 aromatic carbocycles. The van der Waals surface area contributed by atoms with Gasteiger partial charge in [0.15, 0.2) is 0 Å². The van der Waals surface area contributed by atoms with Gasteiger partial charge in [0.05, 0.1) is 11.6 Å². The molecule has 1 unspecified atom stereocenters. The third kappa shape index (κ3) is 4.02. The van der Waals surface area contributed by atoms with Crippen molar-refractivity contribution in [2.45, 2.75) is 17.9 Å². The molecule has 0 aliphatic rings. The van der Waals surface area contributed by atoms with Crippen molar-refractivity contribution < 1.29 is 4.79 Å². The van der Waals surface area contributed by atoms with Gasteiger partial charge in [0, 0.05) is 15.1 Å². The van der Waals surface area contributed by atoms with Gasteiger partial charge in [0.1, 0.15) is 0 Å². The van der Waals surface area contributed by atoms with E-state index in [1.54, 1.807) is 23.9 Å². The maximum atomic E-state index is 12.3. The van der Waals surface area contributed by atoms with Gasteiger partial charge in [-0.2, -0.15) is 0 Å². The molecule has 0 bridgehead atoms. The Kier molecular flexibility index (Phi) is 5.31. The highest BCUT2D eigenvalue weighted by Gasteiger charge is 2.14. The van der Waals surface area contributed by atoms with Crippen molar-refractivity contribution in [1.82, 2.24) is 5.32 Å². The van der Waals surface area contributed by atoms with Gasteiger partial charge in [-0.25, -0.2) is 0 Å². The summed E-state index contributed by atoms with van der Waals surface area (Å²) in [5.41, 5.74) is 7.88. The number of nitrogens with two attached hydrogens (primary N) is 1. The van der Waals surface area contributed by atoms with E-state index in [0.29, 0.717) is 11.3 Å². The van der Waals surface area contributed by atoms with Gasteiger partial charge in [0.2, 0.25) is 0 Å². The lowest BCUT2D eigenvalue weighted by molar-refractivity contribution is 0.0940. The topological polar surface area (TPSA) is 55.1 Å². The first-order chi connectivity index (χ1) is 10.0. The second kappa shape index (κ2) is 7.00. The minimum atomic E-state index is -0.171. The van der Waals surface area contributed by atoms with E-state index in [-0.39, 0.29) is 11.9 Å². The van der Waals surface area contributed by atoms with Gasteiger partial charge in [-0.05, 0) is 49.1 Å². The van der Waals surface area contributed by atoms with Gasteiger partial charge >= 0.3 is 0 Å². The summed E-state index contributed by atoms with van der Waals surface area (Å²) in [6.07, 6.45) is 2.04. The van der Waals surface area contributed by atoms with Crippen LogP contribution >= 0.6 is 27.7 Å². The first-order valence-electron chi connectivity index (χ1n) is 6.51. The highest BCUT2D eigenvalue weighted by Crippen LogP contribution is 2.21. The first-order valence-corrected chi connectivity index (χ1v) is 8.53. The molecular weight excluding hydrogens is 348 g/mol. The Balaban J connectivity index is 2.12. The molecule has 2 rings (SSSR count). The van der Waals surface area contributed by atoms with Crippen molar-refractivity contribution in [3.63, 3.8) is 0 Å². The number of nitrogens with one attached hydrogen (secondary N) is 1. The fraction of sp³-hybridized carbons (Fsp3) is 0.188. The van der Waals surface area contributed by atoms with Crippen LogP contribution < -0.4 is 11.1 Å². The number of anilines is 1. The molecule has 3 N–H and O–H groups in total. The smallest absolute Gasteiger partial charge is 0.253 e. The predicted molar refractivity (Wildman–Crippen MR) is 92.7 cm³/mol. The molecule has 0 aromatic heterocycles.